The van der Waals surface area contributed by atoms with Crippen molar-refractivity contribution in [1.29, 1.82) is 0 Å². The highest BCUT2D eigenvalue weighted by Gasteiger charge is 2.34. The summed E-state index contributed by atoms with van der Waals surface area (Å²) in [7, 11) is -2.84. The molecular formula is C17H24N2O3S2. The monoisotopic (exact) mass is 368 g/mol. The molecule has 0 saturated carbocycles. The Hall–Kier alpha value is -1.05. The lowest BCUT2D eigenvalue weighted by Crippen LogP contribution is -2.52. The number of carbonyl (C=O) groups excluding carboxylic acids is 1. The van der Waals surface area contributed by atoms with Gasteiger partial charge in [0.15, 0.2) is 9.84 Å². The zero-order valence-electron chi connectivity index (χ0n) is 14.0. The molecule has 0 aliphatic carbocycles. The topological polar surface area (TPSA) is 57.7 Å². The predicted molar refractivity (Wildman–Crippen MR) is 97.1 cm³/mol. The lowest BCUT2D eigenvalue weighted by atomic mass is 10.2. The molecule has 0 N–H and O–H groups in total. The van der Waals surface area contributed by atoms with E-state index in [1.165, 1.54) is 5.56 Å². The third-order valence-corrected chi connectivity index (χ3v) is 7.75. The minimum Gasteiger partial charge on any atom is -0.339 e. The van der Waals surface area contributed by atoms with E-state index in [2.05, 4.69) is 17.9 Å². The Morgan fingerprint density at radius 2 is 1.92 bits per heavy atom. The van der Waals surface area contributed by atoms with Gasteiger partial charge in [-0.1, -0.05) is 18.2 Å². The second kappa shape index (κ2) is 7.45. The maximum atomic E-state index is 12.4. The molecule has 0 spiro atoms. The molecule has 2 heterocycles. The summed E-state index contributed by atoms with van der Waals surface area (Å²) in [6.45, 7) is 5.01. The van der Waals surface area contributed by atoms with E-state index in [4.69, 9.17) is 0 Å². The first-order valence-corrected chi connectivity index (χ1v) is 11.2. The molecule has 24 heavy (non-hydrogen) atoms. The fourth-order valence-electron chi connectivity index (χ4n) is 3.35. The van der Waals surface area contributed by atoms with E-state index >= 15 is 0 Å². The number of rotatable bonds is 4. The van der Waals surface area contributed by atoms with Gasteiger partial charge in [0.1, 0.15) is 0 Å². The number of benzene rings is 1. The fourth-order valence-corrected chi connectivity index (χ4v) is 6.04. The normalized spacial score (nSPS) is 24.2. The molecule has 132 valence electrons. The van der Waals surface area contributed by atoms with Crippen LogP contribution in [0.5, 0.6) is 0 Å². The molecule has 1 amide bonds. The van der Waals surface area contributed by atoms with Crippen LogP contribution in [0.15, 0.2) is 29.2 Å². The molecule has 1 aromatic carbocycles. The van der Waals surface area contributed by atoms with Gasteiger partial charge in [0.25, 0.3) is 0 Å². The van der Waals surface area contributed by atoms with E-state index in [1.54, 1.807) is 11.8 Å². The van der Waals surface area contributed by atoms with E-state index in [1.807, 2.05) is 23.1 Å². The predicted octanol–water partition coefficient (Wildman–Crippen LogP) is 1.42. The number of aryl methyl sites for hydroxylation is 1. The molecule has 2 fully saturated rings. The summed E-state index contributed by atoms with van der Waals surface area (Å²) in [4.78, 5) is 17.7. The van der Waals surface area contributed by atoms with Gasteiger partial charge in [-0.05, 0) is 25.0 Å². The first-order valence-electron chi connectivity index (χ1n) is 8.35. The number of sulfone groups is 1. The molecule has 1 atom stereocenters. The Kier molecular flexibility index (Phi) is 5.52. The second-order valence-corrected chi connectivity index (χ2v) is 9.77. The van der Waals surface area contributed by atoms with Gasteiger partial charge in [0, 0.05) is 37.1 Å². The van der Waals surface area contributed by atoms with Gasteiger partial charge >= 0.3 is 0 Å². The quantitative estimate of drug-likeness (QED) is 0.753. The second-order valence-electron chi connectivity index (χ2n) is 6.53. The van der Waals surface area contributed by atoms with Crippen molar-refractivity contribution in [3.05, 3.63) is 29.8 Å². The van der Waals surface area contributed by atoms with Gasteiger partial charge in [-0.25, -0.2) is 8.42 Å². The molecular weight excluding hydrogens is 344 g/mol. The Balaban J connectivity index is 1.46. The molecule has 0 bridgehead atoms. The maximum Gasteiger partial charge on any atom is 0.233 e. The molecule has 7 heteroatoms. The number of carbonyl (C=O) groups is 1. The van der Waals surface area contributed by atoms with E-state index in [0.717, 1.165) is 24.4 Å². The van der Waals surface area contributed by atoms with E-state index < -0.39 is 9.84 Å². The highest BCUT2D eigenvalue weighted by atomic mass is 32.2. The van der Waals surface area contributed by atoms with Crippen LogP contribution in [0.4, 0.5) is 0 Å². The third-order valence-electron chi connectivity index (χ3n) is 4.84. The Labute approximate surface area is 148 Å². The number of amides is 1. The van der Waals surface area contributed by atoms with Crippen molar-refractivity contribution in [3.8, 4) is 0 Å². The molecule has 3 rings (SSSR count). The zero-order chi connectivity index (χ0) is 17.2. The fraction of sp³-hybridized carbons (Fsp3) is 0.588. The molecule has 1 unspecified atom stereocenters. The third kappa shape index (κ3) is 4.32. The summed E-state index contributed by atoms with van der Waals surface area (Å²) in [5.41, 5.74) is 1.20. The van der Waals surface area contributed by atoms with Crippen molar-refractivity contribution >= 4 is 27.5 Å². The number of hydrogen-bond acceptors (Lipinski definition) is 5. The SMILES string of the molecule is Cc1ccccc1SCC(=O)N1CCN(C2CCS(=O)(=O)C2)CC1. The van der Waals surface area contributed by atoms with E-state index in [0.29, 0.717) is 24.6 Å². The molecule has 0 radical (unpaired) electrons. The highest BCUT2D eigenvalue weighted by molar-refractivity contribution is 8.00. The minimum absolute atomic E-state index is 0.147. The molecule has 2 aliphatic heterocycles. The Morgan fingerprint density at radius 1 is 1.21 bits per heavy atom. The minimum atomic E-state index is -2.84. The van der Waals surface area contributed by atoms with Gasteiger partial charge < -0.3 is 4.90 Å². The summed E-state index contributed by atoms with van der Waals surface area (Å²) in [6, 6.07) is 8.25. The zero-order valence-corrected chi connectivity index (χ0v) is 15.6. The Morgan fingerprint density at radius 3 is 2.54 bits per heavy atom. The van der Waals surface area contributed by atoms with E-state index in [9.17, 15) is 13.2 Å². The number of nitrogens with zero attached hydrogens (tertiary/aromatic N) is 2. The van der Waals surface area contributed by atoms with Crippen molar-refractivity contribution in [2.24, 2.45) is 0 Å². The van der Waals surface area contributed by atoms with Crippen LogP contribution in [0.3, 0.4) is 0 Å². The summed E-state index contributed by atoms with van der Waals surface area (Å²) >= 11 is 1.59. The van der Waals surface area contributed by atoms with Crippen molar-refractivity contribution < 1.29 is 13.2 Å². The maximum absolute atomic E-state index is 12.4. The molecule has 1 aromatic rings. The average Bonchev–Trinajstić information content (AvgIpc) is 2.94. The van der Waals surface area contributed by atoms with Crippen LogP contribution in [0, 0.1) is 6.92 Å². The first-order chi connectivity index (χ1) is 11.4. The van der Waals surface area contributed by atoms with Gasteiger partial charge in [-0.2, -0.15) is 0 Å². The van der Waals surface area contributed by atoms with Crippen LogP contribution in [-0.2, 0) is 14.6 Å². The lowest BCUT2D eigenvalue weighted by Gasteiger charge is -2.37. The average molecular weight is 369 g/mol. The largest absolute Gasteiger partial charge is 0.339 e. The van der Waals surface area contributed by atoms with Crippen LogP contribution in [0.25, 0.3) is 0 Å². The molecule has 2 saturated heterocycles. The van der Waals surface area contributed by atoms with E-state index in [-0.39, 0.29) is 17.7 Å². The van der Waals surface area contributed by atoms with Crippen LogP contribution < -0.4 is 0 Å². The Bertz CT molecular complexity index is 698. The van der Waals surface area contributed by atoms with Gasteiger partial charge in [0.05, 0.1) is 17.3 Å². The van der Waals surface area contributed by atoms with Gasteiger partial charge in [-0.3, -0.25) is 9.69 Å². The lowest BCUT2D eigenvalue weighted by molar-refractivity contribution is -0.130. The summed E-state index contributed by atoms with van der Waals surface area (Å²) in [5, 5.41) is 0. The van der Waals surface area contributed by atoms with Crippen LogP contribution >= 0.6 is 11.8 Å². The van der Waals surface area contributed by atoms with Crippen molar-refractivity contribution in [2.75, 3.05) is 43.4 Å². The standard InChI is InChI=1S/C17H24N2O3S2/c1-14-4-2-3-5-16(14)23-12-17(20)19-9-7-18(8-10-19)15-6-11-24(21,22)13-15/h2-5,15H,6-13H2,1H3. The number of hydrogen-bond donors (Lipinski definition) is 0. The smallest absolute Gasteiger partial charge is 0.233 e. The summed E-state index contributed by atoms with van der Waals surface area (Å²) in [5.74, 6) is 1.22. The van der Waals surface area contributed by atoms with Crippen molar-refractivity contribution in [2.45, 2.75) is 24.3 Å². The van der Waals surface area contributed by atoms with Crippen molar-refractivity contribution in [1.82, 2.24) is 9.80 Å². The van der Waals surface area contributed by atoms with Crippen LogP contribution in [0.2, 0.25) is 0 Å². The molecule has 2 aliphatic rings. The van der Waals surface area contributed by atoms with Crippen LogP contribution in [0.1, 0.15) is 12.0 Å². The summed E-state index contributed by atoms with van der Waals surface area (Å²) < 4.78 is 23.2. The first kappa shape index (κ1) is 17.8. The van der Waals surface area contributed by atoms with Crippen LogP contribution in [-0.4, -0.2) is 73.6 Å². The number of thioether (sulfide) groups is 1. The molecule has 0 aromatic heterocycles. The highest BCUT2D eigenvalue weighted by Crippen LogP contribution is 2.23. The molecule has 5 nitrogen and oxygen atoms in total. The van der Waals surface area contributed by atoms with Gasteiger partial charge in [0.2, 0.25) is 5.91 Å². The summed E-state index contributed by atoms with van der Waals surface area (Å²) in [6.07, 6.45) is 0.736. The van der Waals surface area contributed by atoms with Crippen molar-refractivity contribution in [3.63, 3.8) is 0 Å². The number of piperazine rings is 1. The van der Waals surface area contributed by atoms with Gasteiger partial charge in [-0.15, -0.1) is 11.8 Å².